The zero-order valence-electron chi connectivity index (χ0n) is 14.2. The van der Waals surface area contributed by atoms with Gasteiger partial charge in [0, 0.05) is 24.9 Å². The third-order valence-electron chi connectivity index (χ3n) is 5.44. The van der Waals surface area contributed by atoms with E-state index in [1.54, 1.807) is 0 Å². The average molecular weight is 336 g/mol. The van der Waals surface area contributed by atoms with Crippen molar-refractivity contribution in [3.05, 3.63) is 71.3 Å². The largest absolute Gasteiger partial charge is 0.391 e. The Morgan fingerprint density at radius 3 is 2.72 bits per heavy atom. The van der Waals surface area contributed by atoms with Crippen LogP contribution < -0.4 is 10.6 Å². The summed E-state index contributed by atoms with van der Waals surface area (Å²) >= 11 is 0. The van der Waals surface area contributed by atoms with Crippen LogP contribution in [-0.4, -0.2) is 29.8 Å². The number of hydrogen-bond donors (Lipinski definition) is 3. The molecule has 0 bridgehead atoms. The maximum atomic E-state index is 12.2. The first-order valence-corrected chi connectivity index (χ1v) is 9.06. The minimum Gasteiger partial charge on any atom is -0.391 e. The standard InChI is InChI=1S/C21H24N2O2/c24-16(12-14-6-2-1-3-7-14)13-22-21(25)23-20-18-11-10-15-8-4-5-9-17(15)19(18)20/h1-9,16,18-20,24H,10-13H2,(H2,22,23,25). The van der Waals surface area contributed by atoms with Crippen molar-refractivity contribution in [1.82, 2.24) is 10.6 Å². The molecule has 0 saturated heterocycles. The van der Waals surface area contributed by atoms with Crippen LogP contribution in [0.3, 0.4) is 0 Å². The van der Waals surface area contributed by atoms with Crippen molar-refractivity contribution in [1.29, 1.82) is 0 Å². The van der Waals surface area contributed by atoms with Crippen LogP contribution in [0.4, 0.5) is 4.79 Å². The highest BCUT2D eigenvalue weighted by Gasteiger charge is 2.53. The summed E-state index contributed by atoms with van der Waals surface area (Å²) in [6, 6.07) is 18.4. The molecule has 3 N–H and O–H groups in total. The van der Waals surface area contributed by atoms with Gasteiger partial charge in [-0.3, -0.25) is 0 Å². The van der Waals surface area contributed by atoms with E-state index in [1.165, 1.54) is 11.1 Å². The molecule has 1 fully saturated rings. The summed E-state index contributed by atoms with van der Waals surface area (Å²) in [5, 5.41) is 16.0. The van der Waals surface area contributed by atoms with Gasteiger partial charge in [-0.1, -0.05) is 54.6 Å². The Morgan fingerprint density at radius 1 is 1.12 bits per heavy atom. The summed E-state index contributed by atoms with van der Waals surface area (Å²) in [5.41, 5.74) is 3.89. The monoisotopic (exact) mass is 336 g/mol. The van der Waals surface area contributed by atoms with Crippen LogP contribution in [0.2, 0.25) is 0 Å². The molecule has 0 aliphatic heterocycles. The predicted molar refractivity (Wildman–Crippen MR) is 97.5 cm³/mol. The lowest BCUT2D eigenvalue weighted by atomic mass is 9.92. The number of amides is 2. The highest BCUT2D eigenvalue weighted by atomic mass is 16.3. The van der Waals surface area contributed by atoms with E-state index in [0.717, 1.165) is 18.4 Å². The molecule has 4 unspecified atom stereocenters. The lowest BCUT2D eigenvalue weighted by Crippen LogP contribution is -2.41. The van der Waals surface area contributed by atoms with E-state index >= 15 is 0 Å². The first-order chi connectivity index (χ1) is 12.2. The van der Waals surface area contributed by atoms with E-state index in [0.29, 0.717) is 18.3 Å². The first kappa shape index (κ1) is 16.2. The van der Waals surface area contributed by atoms with Gasteiger partial charge in [-0.15, -0.1) is 0 Å². The van der Waals surface area contributed by atoms with E-state index in [2.05, 4.69) is 34.9 Å². The Balaban J connectivity index is 1.25. The fraction of sp³-hybridized carbons (Fsp3) is 0.381. The molecular weight excluding hydrogens is 312 g/mol. The van der Waals surface area contributed by atoms with Gasteiger partial charge >= 0.3 is 6.03 Å². The van der Waals surface area contributed by atoms with E-state index in [-0.39, 0.29) is 18.6 Å². The fourth-order valence-corrected chi connectivity index (χ4v) is 4.13. The van der Waals surface area contributed by atoms with Crippen molar-refractivity contribution in [2.45, 2.75) is 37.3 Å². The zero-order chi connectivity index (χ0) is 17.2. The lowest BCUT2D eigenvalue weighted by Gasteiger charge is -2.13. The van der Waals surface area contributed by atoms with Gasteiger partial charge in [-0.25, -0.2) is 4.79 Å². The van der Waals surface area contributed by atoms with Gasteiger partial charge in [-0.2, -0.15) is 0 Å². The molecule has 2 aliphatic rings. The van der Waals surface area contributed by atoms with Crippen molar-refractivity contribution in [2.24, 2.45) is 5.92 Å². The Hall–Kier alpha value is -2.33. The number of aliphatic hydroxyl groups is 1. The zero-order valence-corrected chi connectivity index (χ0v) is 14.2. The van der Waals surface area contributed by atoms with Crippen molar-refractivity contribution in [2.75, 3.05) is 6.54 Å². The van der Waals surface area contributed by atoms with Crippen LogP contribution in [-0.2, 0) is 12.8 Å². The third-order valence-corrected chi connectivity index (χ3v) is 5.44. The highest BCUT2D eigenvalue weighted by molar-refractivity contribution is 5.75. The van der Waals surface area contributed by atoms with Gasteiger partial charge in [0.2, 0.25) is 0 Å². The molecule has 1 saturated carbocycles. The molecule has 4 nitrogen and oxygen atoms in total. The second kappa shape index (κ2) is 6.89. The van der Waals surface area contributed by atoms with Crippen LogP contribution >= 0.6 is 0 Å². The molecule has 2 aromatic carbocycles. The van der Waals surface area contributed by atoms with Crippen molar-refractivity contribution in [3.63, 3.8) is 0 Å². The summed E-state index contributed by atoms with van der Waals surface area (Å²) in [5.74, 6) is 1.03. The minimum atomic E-state index is -0.574. The van der Waals surface area contributed by atoms with Crippen LogP contribution in [0.5, 0.6) is 0 Å². The molecule has 0 aromatic heterocycles. The molecule has 2 amide bonds. The number of rotatable bonds is 5. The maximum Gasteiger partial charge on any atom is 0.315 e. The Kier molecular flexibility index (Phi) is 4.45. The van der Waals surface area contributed by atoms with Crippen LogP contribution in [0.1, 0.15) is 29.0 Å². The van der Waals surface area contributed by atoms with Gasteiger partial charge in [0.1, 0.15) is 0 Å². The molecule has 2 aliphatic carbocycles. The van der Waals surface area contributed by atoms with Crippen molar-refractivity contribution in [3.8, 4) is 0 Å². The minimum absolute atomic E-state index is 0.177. The average Bonchev–Trinajstić information content (AvgIpc) is 3.34. The van der Waals surface area contributed by atoms with Gasteiger partial charge in [0.05, 0.1) is 6.10 Å². The molecule has 4 atom stereocenters. The Labute approximate surface area is 148 Å². The molecular formula is C21H24N2O2. The maximum absolute atomic E-state index is 12.2. The normalized spacial score (nSPS) is 24.6. The number of carbonyl (C=O) groups excluding carboxylic acids is 1. The molecule has 0 spiro atoms. The quantitative estimate of drug-likeness (QED) is 0.786. The molecule has 2 aromatic rings. The number of hydrogen-bond acceptors (Lipinski definition) is 2. The van der Waals surface area contributed by atoms with Gasteiger partial charge in [0.15, 0.2) is 0 Å². The summed E-state index contributed by atoms with van der Waals surface area (Å²) in [7, 11) is 0. The second-order valence-corrected chi connectivity index (χ2v) is 7.15. The lowest BCUT2D eigenvalue weighted by molar-refractivity contribution is 0.170. The van der Waals surface area contributed by atoms with Crippen LogP contribution in [0.15, 0.2) is 54.6 Å². The SMILES string of the molecule is O=C(NCC(O)Cc1ccccc1)NC1C2CCc3ccccc3C21. The molecule has 0 radical (unpaired) electrons. The molecule has 0 heterocycles. The second-order valence-electron chi connectivity index (χ2n) is 7.15. The third kappa shape index (κ3) is 3.54. The predicted octanol–water partition coefficient (Wildman–Crippen LogP) is 2.62. The highest BCUT2D eigenvalue weighted by Crippen LogP contribution is 2.54. The van der Waals surface area contributed by atoms with Crippen LogP contribution in [0.25, 0.3) is 0 Å². The fourth-order valence-electron chi connectivity index (χ4n) is 4.13. The Bertz CT molecular complexity index is 747. The van der Waals surface area contributed by atoms with Crippen LogP contribution in [0, 0.1) is 5.92 Å². The summed E-state index contributed by atoms with van der Waals surface area (Å²) in [6.45, 7) is 0.263. The van der Waals surface area contributed by atoms with E-state index in [9.17, 15) is 9.90 Å². The number of urea groups is 1. The topological polar surface area (TPSA) is 61.4 Å². The number of carbonyl (C=O) groups is 1. The number of aliphatic hydroxyl groups excluding tert-OH is 1. The van der Waals surface area contributed by atoms with E-state index in [4.69, 9.17) is 0 Å². The van der Waals surface area contributed by atoms with Crippen molar-refractivity contribution >= 4 is 6.03 Å². The van der Waals surface area contributed by atoms with Crippen molar-refractivity contribution < 1.29 is 9.90 Å². The molecule has 25 heavy (non-hydrogen) atoms. The smallest absolute Gasteiger partial charge is 0.315 e. The van der Waals surface area contributed by atoms with Gasteiger partial charge < -0.3 is 15.7 Å². The van der Waals surface area contributed by atoms with Gasteiger partial charge in [0.25, 0.3) is 0 Å². The summed E-state index contributed by atoms with van der Waals surface area (Å²) in [6.07, 6.45) is 2.22. The number of benzene rings is 2. The van der Waals surface area contributed by atoms with Gasteiger partial charge in [-0.05, 0) is 35.4 Å². The molecule has 4 heteroatoms. The summed E-state index contributed by atoms with van der Waals surface area (Å²) < 4.78 is 0. The Morgan fingerprint density at radius 2 is 1.88 bits per heavy atom. The number of aryl methyl sites for hydroxylation is 1. The molecule has 4 rings (SSSR count). The first-order valence-electron chi connectivity index (χ1n) is 9.06. The van der Waals surface area contributed by atoms with E-state index < -0.39 is 6.10 Å². The molecule has 130 valence electrons. The summed E-state index contributed by atoms with van der Waals surface area (Å²) in [4.78, 5) is 12.2. The number of fused-ring (bicyclic) bond motifs is 3. The van der Waals surface area contributed by atoms with E-state index in [1.807, 2.05) is 30.3 Å². The number of nitrogens with one attached hydrogen (secondary N) is 2.